The summed E-state index contributed by atoms with van der Waals surface area (Å²) < 4.78 is 26.6. The van der Waals surface area contributed by atoms with Gasteiger partial charge in [0.2, 0.25) is 10.0 Å². The summed E-state index contributed by atoms with van der Waals surface area (Å²) in [6.45, 7) is 5.34. The summed E-state index contributed by atoms with van der Waals surface area (Å²) in [5, 5.41) is 2.84. The molecule has 2 rings (SSSR count). The van der Waals surface area contributed by atoms with Crippen LogP contribution in [0, 0.1) is 0 Å². The highest BCUT2D eigenvalue weighted by atomic mass is 32.2. The van der Waals surface area contributed by atoms with Crippen LogP contribution in [-0.4, -0.2) is 25.4 Å². The molecule has 6 nitrogen and oxygen atoms in total. The molecule has 1 aromatic heterocycles. The molecule has 0 spiro atoms. The van der Waals surface area contributed by atoms with Crippen molar-refractivity contribution in [2.24, 2.45) is 0 Å². The molecule has 0 unspecified atom stereocenters. The van der Waals surface area contributed by atoms with Crippen LogP contribution in [0.25, 0.3) is 0 Å². The largest absolute Gasteiger partial charge is 0.344 e. The highest BCUT2D eigenvalue weighted by Crippen LogP contribution is 2.13. The predicted molar refractivity (Wildman–Crippen MR) is 92.0 cm³/mol. The Bertz CT molecular complexity index is 788. The molecule has 1 atom stereocenters. The average molecular weight is 347 g/mol. The zero-order valence-corrected chi connectivity index (χ0v) is 14.7. The maximum Gasteiger partial charge on any atom is 0.251 e. The Labute approximate surface area is 142 Å². The summed E-state index contributed by atoms with van der Waals surface area (Å²) in [6.07, 6.45) is 1.67. The van der Waals surface area contributed by atoms with Gasteiger partial charge in [0, 0.05) is 17.8 Å². The normalized spacial score (nSPS) is 12.8. The van der Waals surface area contributed by atoms with Crippen molar-refractivity contribution in [3.8, 4) is 0 Å². The van der Waals surface area contributed by atoms with Gasteiger partial charge in [-0.2, -0.15) is 0 Å². The molecule has 7 heteroatoms. The Hall–Kier alpha value is -2.25. The highest BCUT2D eigenvalue weighted by molar-refractivity contribution is 7.89. The maximum atomic E-state index is 12.3. The SMILES string of the molecule is CC(C)NS(=O)(=O)c1ccc(C(=O)N[C@@H](C)c2ccccn2)cc1. The van der Waals surface area contributed by atoms with E-state index in [1.54, 1.807) is 20.0 Å². The number of hydrogen-bond donors (Lipinski definition) is 2. The van der Waals surface area contributed by atoms with Gasteiger partial charge in [-0.15, -0.1) is 0 Å². The number of rotatable bonds is 6. The molecule has 24 heavy (non-hydrogen) atoms. The minimum Gasteiger partial charge on any atom is -0.344 e. The van der Waals surface area contributed by atoms with Crippen LogP contribution < -0.4 is 10.0 Å². The van der Waals surface area contributed by atoms with Gasteiger partial charge in [0.15, 0.2) is 0 Å². The first kappa shape index (κ1) is 18.1. The molecule has 0 saturated heterocycles. The monoisotopic (exact) mass is 347 g/mol. The van der Waals surface area contributed by atoms with Crippen molar-refractivity contribution in [2.75, 3.05) is 0 Å². The van der Waals surface area contributed by atoms with Crippen LogP contribution in [0.2, 0.25) is 0 Å². The number of hydrogen-bond acceptors (Lipinski definition) is 4. The van der Waals surface area contributed by atoms with Gasteiger partial charge in [-0.05, 0) is 57.2 Å². The third-order valence-electron chi connectivity index (χ3n) is 3.30. The molecule has 1 heterocycles. The molecular formula is C17H21N3O3S. The van der Waals surface area contributed by atoms with Crippen LogP contribution in [0.1, 0.15) is 42.9 Å². The van der Waals surface area contributed by atoms with Crippen LogP contribution in [-0.2, 0) is 10.0 Å². The fourth-order valence-corrected chi connectivity index (χ4v) is 3.40. The third kappa shape index (κ3) is 4.62. The van der Waals surface area contributed by atoms with E-state index in [1.807, 2.05) is 25.1 Å². The maximum absolute atomic E-state index is 12.3. The number of benzene rings is 1. The van der Waals surface area contributed by atoms with Crippen molar-refractivity contribution in [2.45, 2.75) is 37.8 Å². The molecule has 1 aromatic carbocycles. The Morgan fingerprint density at radius 1 is 1.04 bits per heavy atom. The first-order valence-electron chi connectivity index (χ1n) is 7.64. The Kier molecular flexibility index (Phi) is 5.69. The molecule has 0 aliphatic rings. The van der Waals surface area contributed by atoms with Crippen molar-refractivity contribution < 1.29 is 13.2 Å². The molecule has 2 aromatic rings. The first-order chi connectivity index (χ1) is 11.3. The third-order valence-corrected chi connectivity index (χ3v) is 4.97. The smallest absolute Gasteiger partial charge is 0.251 e. The lowest BCUT2D eigenvalue weighted by Gasteiger charge is -2.14. The van der Waals surface area contributed by atoms with E-state index in [9.17, 15) is 13.2 Å². The van der Waals surface area contributed by atoms with Gasteiger partial charge < -0.3 is 5.32 Å². The van der Waals surface area contributed by atoms with E-state index in [2.05, 4.69) is 15.0 Å². The van der Waals surface area contributed by atoms with Crippen LogP contribution in [0.15, 0.2) is 53.6 Å². The lowest BCUT2D eigenvalue weighted by Crippen LogP contribution is -2.30. The number of nitrogens with zero attached hydrogens (tertiary/aromatic N) is 1. The summed E-state index contributed by atoms with van der Waals surface area (Å²) in [6, 6.07) is 10.9. The second kappa shape index (κ2) is 7.55. The van der Waals surface area contributed by atoms with Crippen molar-refractivity contribution in [1.82, 2.24) is 15.0 Å². The number of carbonyl (C=O) groups excluding carboxylic acids is 1. The van der Waals surface area contributed by atoms with Crippen LogP contribution >= 0.6 is 0 Å². The number of aromatic nitrogens is 1. The molecule has 0 fully saturated rings. The van der Waals surface area contributed by atoms with E-state index in [-0.39, 0.29) is 22.9 Å². The summed E-state index contributed by atoms with van der Waals surface area (Å²) >= 11 is 0. The Balaban J connectivity index is 2.09. The van der Waals surface area contributed by atoms with Gasteiger partial charge in [-0.1, -0.05) is 6.07 Å². The molecule has 128 valence electrons. The number of amides is 1. The molecule has 0 bridgehead atoms. The van der Waals surface area contributed by atoms with Crippen molar-refractivity contribution in [3.05, 3.63) is 59.9 Å². The van der Waals surface area contributed by atoms with Crippen molar-refractivity contribution >= 4 is 15.9 Å². The second-order valence-corrected chi connectivity index (χ2v) is 7.46. The van der Waals surface area contributed by atoms with Crippen molar-refractivity contribution in [1.29, 1.82) is 0 Å². The lowest BCUT2D eigenvalue weighted by molar-refractivity contribution is 0.0939. The number of nitrogens with one attached hydrogen (secondary N) is 2. The van der Waals surface area contributed by atoms with Gasteiger partial charge in [-0.25, -0.2) is 13.1 Å². The summed E-state index contributed by atoms with van der Waals surface area (Å²) in [5.41, 5.74) is 1.15. The van der Waals surface area contributed by atoms with Crippen LogP contribution in [0.3, 0.4) is 0 Å². The Morgan fingerprint density at radius 2 is 1.71 bits per heavy atom. The van der Waals surface area contributed by atoms with E-state index in [4.69, 9.17) is 0 Å². The fraction of sp³-hybridized carbons (Fsp3) is 0.294. The van der Waals surface area contributed by atoms with E-state index >= 15 is 0 Å². The molecule has 0 aliphatic heterocycles. The van der Waals surface area contributed by atoms with Gasteiger partial charge in [-0.3, -0.25) is 9.78 Å². The van der Waals surface area contributed by atoms with E-state index in [1.165, 1.54) is 24.3 Å². The minimum atomic E-state index is -3.56. The fourth-order valence-electron chi connectivity index (χ4n) is 2.15. The summed E-state index contributed by atoms with van der Waals surface area (Å²) in [7, 11) is -3.56. The molecule has 2 N–H and O–H groups in total. The van der Waals surface area contributed by atoms with E-state index in [0.29, 0.717) is 5.56 Å². The quantitative estimate of drug-likeness (QED) is 0.839. The number of sulfonamides is 1. The summed E-state index contributed by atoms with van der Waals surface area (Å²) in [4.78, 5) is 16.6. The van der Waals surface area contributed by atoms with Gasteiger partial charge in [0.1, 0.15) is 0 Å². The molecule has 0 aliphatic carbocycles. The highest BCUT2D eigenvalue weighted by Gasteiger charge is 2.17. The van der Waals surface area contributed by atoms with Crippen molar-refractivity contribution in [3.63, 3.8) is 0 Å². The molecule has 1 amide bonds. The number of pyridine rings is 1. The average Bonchev–Trinajstić information content (AvgIpc) is 2.54. The predicted octanol–water partition coefficient (Wildman–Crippen LogP) is 2.26. The van der Waals surface area contributed by atoms with Gasteiger partial charge in [0.05, 0.1) is 16.6 Å². The number of carbonyl (C=O) groups is 1. The topological polar surface area (TPSA) is 88.2 Å². The van der Waals surface area contributed by atoms with Gasteiger partial charge >= 0.3 is 0 Å². The van der Waals surface area contributed by atoms with Crippen LogP contribution in [0.4, 0.5) is 0 Å². The molecule has 0 saturated carbocycles. The van der Waals surface area contributed by atoms with Crippen LogP contribution in [0.5, 0.6) is 0 Å². The first-order valence-corrected chi connectivity index (χ1v) is 9.12. The lowest BCUT2D eigenvalue weighted by atomic mass is 10.1. The van der Waals surface area contributed by atoms with E-state index in [0.717, 1.165) is 5.69 Å². The Morgan fingerprint density at radius 3 is 2.25 bits per heavy atom. The standard InChI is InChI=1S/C17H21N3O3S/c1-12(2)20-24(22,23)15-9-7-14(8-10-15)17(21)19-13(3)16-6-4-5-11-18-16/h4-13,20H,1-3H3,(H,19,21)/t13-/m0/s1. The zero-order valence-electron chi connectivity index (χ0n) is 13.9. The summed E-state index contributed by atoms with van der Waals surface area (Å²) in [5.74, 6) is -0.283. The van der Waals surface area contributed by atoms with E-state index < -0.39 is 10.0 Å². The zero-order chi connectivity index (χ0) is 17.7. The molecular weight excluding hydrogens is 326 g/mol. The second-order valence-electron chi connectivity index (χ2n) is 5.75. The molecule has 0 radical (unpaired) electrons. The van der Waals surface area contributed by atoms with Gasteiger partial charge in [0.25, 0.3) is 5.91 Å². The minimum absolute atomic E-state index is 0.130.